The van der Waals surface area contributed by atoms with Gasteiger partial charge in [-0.2, -0.15) is 0 Å². The Balaban J connectivity index is 1.92. The van der Waals surface area contributed by atoms with Crippen molar-refractivity contribution in [2.24, 2.45) is 0 Å². The minimum Gasteiger partial charge on any atom is -0.343 e. The number of anilines is 1. The molecule has 5 nitrogen and oxygen atoms in total. The molecule has 0 amide bonds. The third-order valence-corrected chi connectivity index (χ3v) is 6.58. The molecule has 1 atom stereocenters. The van der Waals surface area contributed by atoms with Crippen molar-refractivity contribution in [3.8, 4) is 0 Å². The lowest BCUT2D eigenvalue weighted by atomic mass is 9.79. The highest BCUT2D eigenvalue weighted by Crippen LogP contribution is 2.45. The number of rotatable bonds is 3. The Morgan fingerprint density at radius 1 is 1.27 bits per heavy atom. The summed E-state index contributed by atoms with van der Waals surface area (Å²) in [6.45, 7) is 6.17. The predicted octanol–water partition coefficient (Wildman–Crippen LogP) is 4.20. The van der Waals surface area contributed by atoms with Crippen molar-refractivity contribution >= 4 is 34.7 Å². The monoisotopic (exact) mass is 387 g/mol. The molecular formula is C19H21N3O2S2. The van der Waals surface area contributed by atoms with Gasteiger partial charge in [0, 0.05) is 32.7 Å². The molecule has 0 spiro atoms. The van der Waals surface area contributed by atoms with E-state index in [4.69, 9.17) is 0 Å². The van der Waals surface area contributed by atoms with Crippen LogP contribution in [0.5, 0.6) is 0 Å². The number of allylic oxidation sites excluding steroid dienone is 2. The summed E-state index contributed by atoms with van der Waals surface area (Å²) >= 11 is 3.17. The first kappa shape index (κ1) is 17.5. The van der Waals surface area contributed by atoms with E-state index in [1.54, 1.807) is 11.3 Å². The smallest absolute Gasteiger partial charge is 0.257 e. The van der Waals surface area contributed by atoms with E-state index >= 15 is 0 Å². The summed E-state index contributed by atoms with van der Waals surface area (Å²) in [7, 11) is 0. The van der Waals surface area contributed by atoms with Crippen LogP contribution in [0.2, 0.25) is 0 Å². The lowest BCUT2D eigenvalue weighted by Gasteiger charge is -2.32. The van der Waals surface area contributed by atoms with E-state index in [9.17, 15) is 9.59 Å². The molecule has 4 rings (SSSR count). The number of carbonyl (C=O) groups excluding carboxylic acids is 1. The Hall–Kier alpha value is -1.86. The van der Waals surface area contributed by atoms with Crippen molar-refractivity contribution in [3.05, 3.63) is 49.1 Å². The largest absolute Gasteiger partial charge is 0.343 e. The minimum atomic E-state index is -0.318. The van der Waals surface area contributed by atoms with Crippen LogP contribution in [0.4, 0.5) is 5.82 Å². The van der Waals surface area contributed by atoms with Crippen LogP contribution < -0.4 is 10.9 Å². The van der Waals surface area contributed by atoms with Gasteiger partial charge in [-0.15, -0.1) is 11.3 Å². The fraction of sp³-hybridized carbons (Fsp3) is 0.421. The number of H-pyrrole nitrogens is 1. The molecule has 1 aliphatic carbocycles. The summed E-state index contributed by atoms with van der Waals surface area (Å²) in [5.41, 5.74) is 2.09. The van der Waals surface area contributed by atoms with Crippen LogP contribution in [0.1, 0.15) is 54.3 Å². The summed E-state index contributed by atoms with van der Waals surface area (Å²) in [6.07, 6.45) is 2.21. The van der Waals surface area contributed by atoms with E-state index in [0.717, 1.165) is 29.0 Å². The van der Waals surface area contributed by atoms with Gasteiger partial charge in [-0.3, -0.25) is 9.59 Å². The highest BCUT2D eigenvalue weighted by molar-refractivity contribution is 7.99. The second kappa shape index (κ2) is 6.70. The molecule has 1 aliphatic heterocycles. The molecule has 2 aromatic heterocycles. The van der Waals surface area contributed by atoms with Gasteiger partial charge in [-0.1, -0.05) is 25.6 Å². The molecule has 2 aromatic rings. The molecule has 0 bridgehead atoms. The Bertz CT molecular complexity index is 971. The number of hydrogen-bond acceptors (Lipinski definition) is 6. The summed E-state index contributed by atoms with van der Waals surface area (Å²) in [5.74, 6) is 0.420. The predicted molar refractivity (Wildman–Crippen MR) is 106 cm³/mol. The highest BCUT2D eigenvalue weighted by atomic mass is 32.2. The van der Waals surface area contributed by atoms with Gasteiger partial charge in [-0.05, 0) is 31.9 Å². The highest BCUT2D eigenvalue weighted by Gasteiger charge is 2.38. The number of fused-ring (bicyclic) bond motifs is 1. The van der Waals surface area contributed by atoms with Crippen LogP contribution >= 0.6 is 23.1 Å². The number of aromatic amines is 1. The van der Waals surface area contributed by atoms with Crippen LogP contribution in [-0.2, 0) is 4.79 Å². The Morgan fingerprint density at radius 2 is 2.08 bits per heavy atom. The number of aromatic nitrogens is 2. The molecule has 0 radical (unpaired) electrons. The van der Waals surface area contributed by atoms with Crippen molar-refractivity contribution in [1.29, 1.82) is 0 Å². The van der Waals surface area contributed by atoms with E-state index in [1.165, 1.54) is 16.6 Å². The molecule has 2 aliphatic rings. The van der Waals surface area contributed by atoms with Gasteiger partial charge in [0.2, 0.25) is 0 Å². The van der Waals surface area contributed by atoms with Gasteiger partial charge in [0.25, 0.3) is 5.56 Å². The normalized spacial score (nSPS) is 19.4. The third kappa shape index (κ3) is 3.03. The lowest BCUT2D eigenvalue weighted by molar-refractivity contribution is -0.116. The summed E-state index contributed by atoms with van der Waals surface area (Å²) < 4.78 is 0. The second-order valence-electron chi connectivity index (χ2n) is 6.98. The van der Waals surface area contributed by atoms with E-state index < -0.39 is 0 Å². The van der Waals surface area contributed by atoms with Crippen LogP contribution in [0.25, 0.3) is 0 Å². The average Bonchev–Trinajstić information content (AvgIpc) is 2.98. The maximum atomic E-state index is 13.0. The first-order valence-electron chi connectivity index (χ1n) is 8.84. The summed E-state index contributed by atoms with van der Waals surface area (Å²) in [4.78, 5) is 35.5. The SMILES string of the molecule is Cc1ccc([C@H]2C3=C(CCCC3=O)Nc3nc(SC(C)C)[nH]c(=O)c32)s1. The Labute approximate surface area is 160 Å². The molecule has 7 heteroatoms. The van der Waals surface area contributed by atoms with Crippen LogP contribution in [0.15, 0.2) is 33.4 Å². The van der Waals surface area contributed by atoms with Crippen molar-refractivity contribution in [2.45, 2.75) is 56.4 Å². The number of nitrogens with one attached hydrogen (secondary N) is 2. The first-order valence-corrected chi connectivity index (χ1v) is 10.5. The number of ketones is 1. The number of carbonyl (C=O) groups is 1. The zero-order valence-electron chi connectivity index (χ0n) is 15.0. The fourth-order valence-electron chi connectivity index (χ4n) is 3.61. The second-order valence-corrected chi connectivity index (χ2v) is 9.86. The van der Waals surface area contributed by atoms with Gasteiger partial charge in [-0.25, -0.2) is 4.98 Å². The number of aryl methyl sites for hydroxylation is 1. The molecule has 3 heterocycles. The average molecular weight is 388 g/mol. The number of Topliss-reactive ketones (excluding diaryl/α,β-unsaturated/α-hetero) is 1. The minimum absolute atomic E-state index is 0.139. The zero-order valence-corrected chi connectivity index (χ0v) is 16.6. The molecule has 0 saturated heterocycles. The molecule has 0 unspecified atom stereocenters. The van der Waals surface area contributed by atoms with E-state index in [1.807, 2.05) is 19.1 Å². The third-order valence-electron chi connectivity index (χ3n) is 4.63. The fourth-order valence-corrected chi connectivity index (χ4v) is 5.35. The Morgan fingerprint density at radius 3 is 2.77 bits per heavy atom. The van der Waals surface area contributed by atoms with Crippen LogP contribution in [-0.4, -0.2) is 21.0 Å². The quantitative estimate of drug-likeness (QED) is 0.610. The van der Waals surface area contributed by atoms with Crippen molar-refractivity contribution in [3.63, 3.8) is 0 Å². The molecule has 2 N–H and O–H groups in total. The zero-order chi connectivity index (χ0) is 18.4. The molecule has 0 saturated carbocycles. The standard InChI is InChI=1S/C19H21N3O2S2/c1-9(2)25-19-21-17-16(18(24)22-19)15(13-8-7-10(3)26-13)14-11(20-17)5-4-6-12(14)23/h7-9,15H,4-6H2,1-3H3,(H2,20,21,22,24)/t15-/m0/s1. The molecule has 0 fully saturated rings. The lowest BCUT2D eigenvalue weighted by Crippen LogP contribution is -2.32. The van der Waals surface area contributed by atoms with E-state index in [-0.39, 0.29) is 17.3 Å². The molecule has 0 aromatic carbocycles. The summed E-state index contributed by atoms with van der Waals surface area (Å²) in [6, 6.07) is 4.07. The van der Waals surface area contributed by atoms with Gasteiger partial charge >= 0.3 is 0 Å². The van der Waals surface area contributed by atoms with Crippen molar-refractivity contribution < 1.29 is 4.79 Å². The number of hydrogen-bond donors (Lipinski definition) is 2. The molecule has 26 heavy (non-hydrogen) atoms. The maximum absolute atomic E-state index is 13.0. The number of nitrogens with zero attached hydrogens (tertiary/aromatic N) is 1. The van der Waals surface area contributed by atoms with Crippen molar-refractivity contribution in [2.75, 3.05) is 5.32 Å². The van der Waals surface area contributed by atoms with Gasteiger partial charge in [0.1, 0.15) is 5.82 Å². The van der Waals surface area contributed by atoms with E-state index in [0.29, 0.717) is 28.2 Å². The molecule has 136 valence electrons. The van der Waals surface area contributed by atoms with Gasteiger partial charge in [0.15, 0.2) is 10.9 Å². The van der Waals surface area contributed by atoms with Gasteiger partial charge in [0.05, 0.1) is 11.5 Å². The maximum Gasteiger partial charge on any atom is 0.257 e. The number of thiophene rings is 1. The van der Waals surface area contributed by atoms with Crippen LogP contribution in [0, 0.1) is 6.92 Å². The molecular weight excluding hydrogens is 366 g/mol. The topological polar surface area (TPSA) is 74.8 Å². The van der Waals surface area contributed by atoms with Gasteiger partial charge < -0.3 is 10.3 Å². The summed E-state index contributed by atoms with van der Waals surface area (Å²) in [5, 5.41) is 4.24. The number of thioether (sulfide) groups is 1. The van der Waals surface area contributed by atoms with E-state index in [2.05, 4.69) is 29.1 Å². The van der Waals surface area contributed by atoms with Crippen LogP contribution in [0.3, 0.4) is 0 Å². The van der Waals surface area contributed by atoms with Crippen molar-refractivity contribution in [1.82, 2.24) is 9.97 Å². The first-order chi connectivity index (χ1) is 12.4. The Kier molecular flexibility index (Phi) is 4.52.